The predicted molar refractivity (Wildman–Crippen MR) is 128 cm³/mol. The van der Waals surface area contributed by atoms with E-state index in [0.717, 1.165) is 23.3 Å². The van der Waals surface area contributed by atoms with Crippen LogP contribution in [0.2, 0.25) is 0 Å². The number of aromatic nitrogens is 1. The average Bonchev–Trinajstić information content (AvgIpc) is 2.79. The summed E-state index contributed by atoms with van der Waals surface area (Å²) in [7, 11) is 0. The maximum Gasteiger partial charge on any atom is 0.137 e. The van der Waals surface area contributed by atoms with Gasteiger partial charge in [0.15, 0.2) is 0 Å². The fourth-order valence-electron chi connectivity index (χ4n) is 4.86. The zero-order valence-electron chi connectivity index (χ0n) is 19.2. The summed E-state index contributed by atoms with van der Waals surface area (Å²) < 4.78 is 5.48. The van der Waals surface area contributed by atoms with Crippen LogP contribution < -0.4 is 4.74 Å². The van der Waals surface area contributed by atoms with Crippen LogP contribution in [0.4, 0.5) is 0 Å². The first-order valence-electron chi connectivity index (χ1n) is 12.5. The number of hydrogen-bond acceptors (Lipinski definition) is 2. The third kappa shape index (κ3) is 7.45. The lowest BCUT2D eigenvalue weighted by molar-refractivity contribution is 0.248. The van der Waals surface area contributed by atoms with Gasteiger partial charge in [-0.2, -0.15) is 0 Å². The highest BCUT2D eigenvalue weighted by Crippen LogP contribution is 2.34. The zero-order valence-corrected chi connectivity index (χ0v) is 19.2. The van der Waals surface area contributed by atoms with Crippen LogP contribution in [0, 0.1) is 11.8 Å². The van der Waals surface area contributed by atoms with E-state index in [-0.39, 0.29) is 0 Å². The minimum absolute atomic E-state index is 0.677. The zero-order chi connectivity index (χ0) is 21.0. The lowest BCUT2D eigenvalue weighted by Gasteiger charge is -2.28. The van der Waals surface area contributed by atoms with E-state index in [1.54, 1.807) is 0 Å². The van der Waals surface area contributed by atoms with Gasteiger partial charge in [-0.3, -0.25) is 4.98 Å². The predicted octanol–water partition coefficient (Wildman–Crippen LogP) is 8.25. The number of ether oxygens (including phenoxy) is 1. The summed E-state index contributed by atoms with van der Waals surface area (Å²) in [5.41, 5.74) is 3.65. The second kappa shape index (κ2) is 12.8. The molecule has 1 fully saturated rings. The van der Waals surface area contributed by atoms with Crippen LogP contribution in [0.15, 0.2) is 42.6 Å². The summed E-state index contributed by atoms with van der Waals surface area (Å²) >= 11 is 0. The Balaban J connectivity index is 1.36. The van der Waals surface area contributed by atoms with Crippen molar-refractivity contribution in [3.05, 3.63) is 48.2 Å². The van der Waals surface area contributed by atoms with Crippen molar-refractivity contribution < 1.29 is 4.74 Å². The second-order valence-corrected chi connectivity index (χ2v) is 9.14. The number of aryl methyl sites for hydroxylation is 1. The highest BCUT2D eigenvalue weighted by molar-refractivity contribution is 5.59. The molecule has 0 bridgehead atoms. The van der Waals surface area contributed by atoms with Gasteiger partial charge < -0.3 is 4.74 Å². The smallest absolute Gasteiger partial charge is 0.137 e. The Hall–Kier alpha value is -1.83. The van der Waals surface area contributed by atoms with Gasteiger partial charge in [0.25, 0.3) is 0 Å². The van der Waals surface area contributed by atoms with Crippen LogP contribution in [-0.4, -0.2) is 11.6 Å². The molecule has 3 rings (SSSR count). The summed E-state index contributed by atoms with van der Waals surface area (Å²) in [6.45, 7) is 4.97. The lowest BCUT2D eigenvalue weighted by atomic mass is 9.77. The SMILES string of the molecule is CCCCCCCC1CCC(CCc2ccc(-c3ccc(OCC)cn3)cc2)CC1. The molecule has 0 spiro atoms. The molecule has 1 heterocycles. The van der Waals surface area contributed by atoms with E-state index in [9.17, 15) is 0 Å². The van der Waals surface area contributed by atoms with Gasteiger partial charge in [0.05, 0.1) is 18.5 Å². The Morgan fingerprint density at radius 2 is 1.50 bits per heavy atom. The highest BCUT2D eigenvalue weighted by Gasteiger charge is 2.20. The molecule has 1 aromatic heterocycles. The normalized spacial score (nSPS) is 19.0. The first kappa shape index (κ1) is 22.8. The van der Waals surface area contributed by atoms with Crippen LogP contribution in [0.5, 0.6) is 5.75 Å². The maximum absolute atomic E-state index is 5.48. The van der Waals surface area contributed by atoms with Gasteiger partial charge in [0.1, 0.15) is 5.75 Å². The molecule has 2 nitrogen and oxygen atoms in total. The molecule has 0 aliphatic heterocycles. The van der Waals surface area contributed by atoms with E-state index < -0.39 is 0 Å². The highest BCUT2D eigenvalue weighted by atomic mass is 16.5. The molecule has 0 atom stereocenters. The molecule has 0 unspecified atom stereocenters. The van der Waals surface area contributed by atoms with Crippen molar-refractivity contribution in [3.63, 3.8) is 0 Å². The van der Waals surface area contributed by atoms with E-state index in [2.05, 4.69) is 36.2 Å². The lowest BCUT2D eigenvalue weighted by Crippen LogP contribution is -2.15. The average molecular weight is 408 g/mol. The molecule has 1 aromatic carbocycles. The first-order valence-corrected chi connectivity index (χ1v) is 12.5. The van der Waals surface area contributed by atoms with Gasteiger partial charge in [0, 0.05) is 5.56 Å². The molecule has 0 radical (unpaired) electrons. The molecule has 1 aliphatic carbocycles. The number of rotatable bonds is 12. The molecule has 1 aliphatic rings. The van der Waals surface area contributed by atoms with Crippen LogP contribution in [-0.2, 0) is 6.42 Å². The van der Waals surface area contributed by atoms with Crippen LogP contribution >= 0.6 is 0 Å². The van der Waals surface area contributed by atoms with Gasteiger partial charge in [-0.25, -0.2) is 0 Å². The summed E-state index contributed by atoms with van der Waals surface area (Å²) in [4.78, 5) is 4.53. The number of unbranched alkanes of at least 4 members (excludes halogenated alkanes) is 4. The van der Waals surface area contributed by atoms with Crippen molar-refractivity contribution in [1.82, 2.24) is 4.98 Å². The Morgan fingerprint density at radius 3 is 2.13 bits per heavy atom. The van der Waals surface area contributed by atoms with E-state index in [4.69, 9.17) is 4.74 Å². The maximum atomic E-state index is 5.48. The monoisotopic (exact) mass is 407 g/mol. The van der Waals surface area contributed by atoms with Crippen molar-refractivity contribution in [2.24, 2.45) is 11.8 Å². The van der Waals surface area contributed by atoms with Gasteiger partial charge in [0.2, 0.25) is 0 Å². The molecule has 30 heavy (non-hydrogen) atoms. The molecule has 2 aromatic rings. The van der Waals surface area contributed by atoms with Gasteiger partial charge in [-0.05, 0) is 49.3 Å². The van der Waals surface area contributed by atoms with Crippen molar-refractivity contribution in [3.8, 4) is 17.0 Å². The Labute approximate surface area is 184 Å². The number of pyridine rings is 1. The van der Waals surface area contributed by atoms with Crippen LogP contribution in [0.1, 0.15) is 90.0 Å². The van der Waals surface area contributed by atoms with Crippen LogP contribution in [0.25, 0.3) is 11.3 Å². The fraction of sp³-hybridized carbons (Fsp3) is 0.607. The fourth-order valence-corrected chi connectivity index (χ4v) is 4.86. The van der Waals surface area contributed by atoms with Crippen LogP contribution in [0.3, 0.4) is 0 Å². The van der Waals surface area contributed by atoms with Gasteiger partial charge in [-0.15, -0.1) is 0 Å². The van der Waals surface area contributed by atoms with E-state index >= 15 is 0 Å². The van der Waals surface area contributed by atoms with Crippen molar-refractivity contribution in [1.29, 1.82) is 0 Å². The minimum Gasteiger partial charge on any atom is -0.492 e. The number of nitrogens with zero attached hydrogens (tertiary/aromatic N) is 1. The van der Waals surface area contributed by atoms with Crippen molar-refractivity contribution in [2.75, 3.05) is 6.61 Å². The third-order valence-electron chi connectivity index (χ3n) is 6.82. The van der Waals surface area contributed by atoms with Gasteiger partial charge in [-0.1, -0.05) is 95.4 Å². The van der Waals surface area contributed by atoms with E-state index in [1.165, 1.54) is 88.2 Å². The molecule has 0 N–H and O–H groups in total. The Bertz CT molecular complexity index is 698. The molecule has 0 amide bonds. The summed E-state index contributed by atoms with van der Waals surface area (Å²) in [5.74, 6) is 2.79. The second-order valence-electron chi connectivity index (χ2n) is 9.14. The first-order chi connectivity index (χ1) is 14.8. The quantitative estimate of drug-likeness (QED) is 0.330. The summed E-state index contributed by atoms with van der Waals surface area (Å²) in [6.07, 6.45) is 18.8. The summed E-state index contributed by atoms with van der Waals surface area (Å²) in [6, 6.07) is 13.1. The largest absolute Gasteiger partial charge is 0.492 e. The molecular formula is C28H41NO. The molecule has 164 valence electrons. The topological polar surface area (TPSA) is 22.1 Å². The van der Waals surface area contributed by atoms with E-state index in [1.807, 2.05) is 25.3 Å². The Kier molecular flexibility index (Phi) is 9.73. The standard InChI is InChI=1S/C28H41NO/c1-3-5-6-7-8-9-23-10-12-24(13-11-23)14-15-25-16-18-26(19-17-25)28-21-20-27(22-29-28)30-4-2/h16-24H,3-15H2,1-2H3. The van der Waals surface area contributed by atoms with Gasteiger partial charge >= 0.3 is 0 Å². The van der Waals surface area contributed by atoms with E-state index in [0.29, 0.717) is 6.61 Å². The number of benzene rings is 1. The minimum atomic E-state index is 0.677. The molecule has 2 heteroatoms. The third-order valence-corrected chi connectivity index (χ3v) is 6.82. The number of hydrogen-bond donors (Lipinski definition) is 0. The summed E-state index contributed by atoms with van der Waals surface area (Å²) in [5, 5.41) is 0. The van der Waals surface area contributed by atoms with Crippen molar-refractivity contribution >= 4 is 0 Å². The Morgan fingerprint density at radius 1 is 0.800 bits per heavy atom. The molecule has 1 saturated carbocycles. The molecule has 0 saturated heterocycles. The molecular weight excluding hydrogens is 366 g/mol. The van der Waals surface area contributed by atoms with Crippen molar-refractivity contribution in [2.45, 2.75) is 90.9 Å².